The van der Waals surface area contributed by atoms with Crippen molar-refractivity contribution in [3.05, 3.63) is 190 Å². The standard InChI is InChI=1S/C41H28N4O2/c1-27-38-39(45(43-27)30-17-9-4-10-18-30)32-25-31(21-22-37(32)47-40(38)46)44-35-20-12-11-19-33(35)41(28-13-5-2-6-14-28,29-15-7-3-8-16-29)34-23-24-42-26-36(34)44/h2-26H,1H3. The number of hydrogen-bond acceptors (Lipinski definition) is 5. The maximum atomic E-state index is 13.3. The lowest BCUT2D eigenvalue weighted by atomic mass is 9.62. The molecule has 0 spiro atoms. The molecule has 0 bridgehead atoms. The Kier molecular flexibility index (Phi) is 5.99. The number of fused-ring (bicyclic) bond motifs is 5. The second kappa shape index (κ2) is 10.4. The second-order valence-electron chi connectivity index (χ2n) is 11.9. The van der Waals surface area contributed by atoms with Crippen molar-refractivity contribution in [2.45, 2.75) is 12.3 Å². The molecule has 47 heavy (non-hydrogen) atoms. The number of pyridine rings is 1. The van der Waals surface area contributed by atoms with Crippen LogP contribution >= 0.6 is 0 Å². The Bertz CT molecular complexity index is 2410. The molecule has 0 unspecified atom stereocenters. The summed E-state index contributed by atoms with van der Waals surface area (Å²) >= 11 is 0. The van der Waals surface area contributed by atoms with Crippen LogP contribution in [-0.2, 0) is 5.41 Å². The Morgan fingerprint density at radius 1 is 0.660 bits per heavy atom. The molecule has 0 radical (unpaired) electrons. The van der Waals surface area contributed by atoms with Gasteiger partial charge in [-0.1, -0.05) is 97.1 Å². The van der Waals surface area contributed by atoms with Crippen molar-refractivity contribution in [1.82, 2.24) is 14.8 Å². The average molecular weight is 609 g/mol. The average Bonchev–Trinajstić information content (AvgIpc) is 3.49. The predicted octanol–water partition coefficient (Wildman–Crippen LogP) is 9.00. The number of aromatic nitrogens is 3. The molecule has 0 N–H and O–H groups in total. The number of hydrogen-bond donors (Lipinski definition) is 0. The topological polar surface area (TPSA) is 64.2 Å². The Morgan fingerprint density at radius 3 is 2.02 bits per heavy atom. The molecular formula is C41H28N4O2. The molecule has 0 saturated heterocycles. The Labute approximate surface area is 270 Å². The van der Waals surface area contributed by atoms with Gasteiger partial charge in [0.2, 0.25) is 0 Å². The van der Waals surface area contributed by atoms with Crippen LogP contribution in [0.4, 0.5) is 17.1 Å². The molecule has 5 aromatic carbocycles. The molecule has 0 saturated carbocycles. The molecule has 3 aromatic heterocycles. The number of rotatable bonds is 4. The first-order valence-corrected chi connectivity index (χ1v) is 15.6. The third kappa shape index (κ3) is 3.88. The van der Waals surface area contributed by atoms with E-state index in [4.69, 9.17) is 9.52 Å². The van der Waals surface area contributed by atoms with Gasteiger partial charge >= 0.3 is 5.63 Å². The maximum absolute atomic E-state index is 13.3. The lowest BCUT2D eigenvalue weighted by Crippen LogP contribution is -2.37. The van der Waals surface area contributed by atoms with E-state index in [1.165, 1.54) is 11.1 Å². The predicted molar refractivity (Wildman–Crippen MR) is 186 cm³/mol. The van der Waals surface area contributed by atoms with Crippen molar-refractivity contribution in [1.29, 1.82) is 0 Å². The minimum absolute atomic E-state index is 0.395. The minimum Gasteiger partial charge on any atom is -0.422 e. The quantitative estimate of drug-likeness (QED) is 0.187. The first-order chi connectivity index (χ1) is 23.2. The van der Waals surface area contributed by atoms with E-state index < -0.39 is 11.0 Å². The van der Waals surface area contributed by atoms with E-state index in [-0.39, 0.29) is 0 Å². The normalized spacial score (nSPS) is 13.4. The van der Waals surface area contributed by atoms with E-state index in [1.807, 2.05) is 66.5 Å². The van der Waals surface area contributed by atoms with Crippen LogP contribution in [0.15, 0.2) is 161 Å². The third-order valence-corrected chi connectivity index (χ3v) is 9.35. The maximum Gasteiger partial charge on any atom is 0.347 e. The molecule has 0 amide bonds. The Morgan fingerprint density at radius 2 is 1.30 bits per heavy atom. The molecule has 1 aliphatic rings. The van der Waals surface area contributed by atoms with Gasteiger partial charge in [-0.2, -0.15) is 5.10 Å². The second-order valence-corrected chi connectivity index (χ2v) is 11.9. The fourth-order valence-corrected chi connectivity index (χ4v) is 7.44. The number of anilines is 3. The van der Waals surface area contributed by atoms with Crippen LogP contribution in [0, 0.1) is 6.92 Å². The molecule has 224 valence electrons. The van der Waals surface area contributed by atoms with Gasteiger partial charge in [0, 0.05) is 17.3 Å². The van der Waals surface area contributed by atoms with E-state index in [9.17, 15) is 4.79 Å². The van der Waals surface area contributed by atoms with Gasteiger partial charge < -0.3 is 9.32 Å². The molecule has 0 atom stereocenters. The lowest BCUT2D eigenvalue weighted by molar-refractivity contribution is 0.569. The number of aryl methyl sites for hydroxylation is 1. The van der Waals surface area contributed by atoms with Crippen molar-refractivity contribution in [3.8, 4) is 5.69 Å². The lowest BCUT2D eigenvalue weighted by Gasteiger charge is -2.46. The third-order valence-electron chi connectivity index (χ3n) is 9.35. The SMILES string of the molecule is Cc1nn(-c2ccccc2)c2c1c(=O)oc1ccc(N3c4ccccc4C(c4ccccc4)(c4ccccc4)c4ccncc43)cc12. The minimum atomic E-state index is -0.589. The van der Waals surface area contributed by atoms with E-state index in [0.717, 1.165) is 44.8 Å². The van der Waals surface area contributed by atoms with Crippen molar-refractivity contribution in [2.24, 2.45) is 0 Å². The number of nitrogens with zero attached hydrogens (tertiary/aromatic N) is 4. The molecule has 0 fully saturated rings. The molecule has 6 nitrogen and oxygen atoms in total. The highest BCUT2D eigenvalue weighted by Crippen LogP contribution is 2.57. The van der Waals surface area contributed by atoms with Gasteiger partial charge in [0.1, 0.15) is 11.0 Å². The van der Waals surface area contributed by atoms with Crippen molar-refractivity contribution in [2.75, 3.05) is 4.90 Å². The smallest absolute Gasteiger partial charge is 0.347 e. The van der Waals surface area contributed by atoms with E-state index >= 15 is 0 Å². The molecule has 8 aromatic rings. The van der Waals surface area contributed by atoms with Crippen molar-refractivity contribution in [3.63, 3.8) is 0 Å². The van der Waals surface area contributed by atoms with Crippen LogP contribution in [0.25, 0.3) is 27.6 Å². The van der Waals surface area contributed by atoms with Gasteiger partial charge in [0.25, 0.3) is 0 Å². The first kappa shape index (κ1) is 27.1. The highest BCUT2D eigenvalue weighted by Gasteiger charge is 2.46. The van der Waals surface area contributed by atoms with Gasteiger partial charge in [0.15, 0.2) is 0 Å². The van der Waals surface area contributed by atoms with Crippen molar-refractivity contribution >= 4 is 38.9 Å². The summed E-state index contributed by atoms with van der Waals surface area (Å²) in [4.78, 5) is 20.2. The molecule has 1 aliphatic heterocycles. The zero-order valence-electron chi connectivity index (χ0n) is 25.5. The summed E-state index contributed by atoms with van der Waals surface area (Å²) in [6.07, 6.45) is 3.83. The van der Waals surface area contributed by atoms with E-state index in [2.05, 4.69) is 107 Å². The monoisotopic (exact) mass is 608 g/mol. The van der Waals surface area contributed by atoms with Gasteiger partial charge in [-0.25, -0.2) is 9.48 Å². The highest BCUT2D eigenvalue weighted by atomic mass is 16.4. The first-order valence-electron chi connectivity index (χ1n) is 15.6. The summed E-state index contributed by atoms with van der Waals surface area (Å²) < 4.78 is 7.75. The number of benzene rings is 5. The van der Waals surface area contributed by atoms with Gasteiger partial charge in [-0.05, 0) is 71.6 Å². The van der Waals surface area contributed by atoms with Crippen LogP contribution in [-0.4, -0.2) is 14.8 Å². The van der Waals surface area contributed by atoms with Crippen LogP contribution in [0.2, 0.25) is 0 Å². The largest absolute Gasteiger partial charge is 0.422 e. The van der Waals surface area contributed by atoms with Crippen LogP contribution in [0.3, 0.4) is 0 Å². The van der Waals surface area contributed by atoms with Crippen molar-refractivity contribution < 1.29 is 4.42 Å². The van der Waals surface area contributed by atoms with Gasteiger partial charge in [-0.15, -0.1) is 0 Å². The van der Waals surface area contributed by atoms with Crippen LogP contribution in [0.1, 0.15) is 27.9 Å². The summed E-state index contributed by atoms with van der Waals surface area (Å²) in [6.45, 7) is 1.85. The molecule has 4 heterocycles. The highest BCUT2D eigenvalue weighted by molar-refractivity contribution is 6.06. The molecular weight excluding hydrogens is 580 g/mol. The summed E-state index contributed by atoms with van der Waals surface area (Å²) in [5, 5.41) is 6.08. The van der Waals surface area contributed by atoms with Crippen LogP contribution in [0.5, 0.6) is 0 Å². The molecule has 9 rings (SSSR count). The molecule has 0 aliphatic carbocycles. The molecule has 6 heteroatoms. The summed E-state index contributed by atoms with van der Waals surface area (Å²) in [5.74, 6) is 0. The van der Waals surface area contributed by atoms with Gasteiger partial charge in [0.05, 0.1) is 39.9 Å². The Hall–Kier alpha value is -6.27. The van der Waals surface area contributed by atoms with E-state index in [1.54, 1.807) is 0 Å². The number of para-hydroxylation sites is 2. The summed E-state index contributed by atoms with van der Waals surface area (Å²) in [6, 6.07) is 48.1. The zero-order chi connectivity index (χ0) is 31.5. The van der Waals surface area contributed by atoms with E-state index in [0.29, 0.717) is 16.7 Å². The zero-order valence-corrected chi connectivity index (χ0v) is 25.5. The van der Waals surface area contributed by atoms with Crippen LogP contribution < -0.4 is 10.5 Å². The fraction of sp³-hybridized carbons (Fsp3) is 0.0488. The van der Waals surface area contributed by atoms with Gasteiger partial charge in [-0.3, -0.25) is 4.98 Å². The summed E-state index contributed by atoms with van der Waals surface area (Å²) in [7, 11) is 0. The Balaban J connectivity index is 1.36. The summed E-state index contributed by atoms with van der Waals surface area (Å²) in [5.41, 5.74) is 9.30. The fourth-order valence-electron chi connectivity index (χ4n) is 7.44.